The van der Waals surface area contributed by atoms with Gasteiger partial charge in [-0.1, -0.05) is 76.8 Å². The van der Waals surface area contributed by atoms with Gasteiger partial charge in [-0.2, -0.15) is 0 Å². The Morgan fingerprint density at radius 3 is 1.83 bits per heavy atom. The maximum absolute atomic E-state index is 10.9. The van der Waals surface area contributed by atoms with Gasteiger partial charge in [0.1, 0.15) is 5.75 Å². The molecule has 0 bridgehead atoms. The Balaban J connectivity index is 2.00. The molecule has 0 amide bonds. The molecule has 0 unspecified atom stereocenters. The van der Waals surface area contributed by atoms with Gasteiger partial charge >= 0.3 is 7.60 Å². The van der Waals surface area contributed by atoms with Gasteiger partial charge in [0.25, 0.3) is 0 Å². The highest BCUT2D eigenvalue weighted by Crippen LogP contribution is 2.39. The molecule has 0 heterocycles. The van der Waals surface area contributed by atoms with Crippen LogP contribution in [0.2, 0.25) is 0 Å². The smallest absolute Gasteiger partial charge is 0.329 e. The largest absolute Gasteiger partial charge is 0.494 e. The predicted octanol–water partition coefficient (Wildman–Crippen LogP) is 5.66. The molecule has 0 atom stereocenters. The highest BCUT2D eigenvalue weighted by atomic mass is 31.2. The van der Waals surface area contributed by atoms with Crippen molar-refractivity contribution in [3.05, 3.63) is 29.8 Å². The fourth-order valence-corrected chi connectivity index (χ4v) is 3.39. The van der Waals surface area contributed by atoms with E-state index >= 15 is 0 Å². The minimum atomic E-state index is -3.99. The van der Waals surface area contributed by atoms with E-state index in [1.807, 2.05) is 0 Å². The molecule has 5 heteroatoms. The van der Waals surface area contributed by atoms with E-state index in [2.05, 4.69) is 6.92 Å². The van der Waals surface area contributed by atoms with Crippen molar-refractivity contribution in [2.24, 2.45) is 0 Å². The molecule has 1 rings (SSSR count). The molecule has 2 N–H and O–H groups in total. The van der Waals surface area contributed by atoms with Crippen molar-refractivity contribution in [1.29, 1.82) is 0 Å². The molecule has 0 aromatic heterocycles. The van der Waals surface area contributed by atoms with E-state index < -0.39 is 7.60 Å². The van der Waals surface area contributed by atoms with Crippen molar-refractivity contribution < 1.29 is 19.1 Å². The second kappa shape index (κ2) is 12.5. The molecule has 138 valence electrons. The van der Waals surface area contributed by atoms with Gasteiger partial charge in [-0.3, -0.25) is 4.57 Å². The van der Waals surface area contributed by atoms with Gasteiger partial charge < -0.3 is 14.5 Å². The summed E-state index contributed by atoms with van der Waals surface area (Å²) in [4.78, 5) is 17.9. The van der Waals surface area contributed by atoms with Crippen LogP contribution in [0.1, 0.15) is 76.7 Å². The lowest BCUT2D eigenvalue weighted by Crippen LogP contribution is -1.97. The van der Waals surface area contributed by atoms with E-state index in [0.717, 1.165) is 12.2 Å². The summed E-state index contributed by atoms with van der Waals surface area (Å²) >= 11 is 0. The summed E-state index contributed by atoms with van der Waals surface area (Å²) in [6.07, 6.45) is 12.8. The quantitative estimate of drug-likeness (QED) is 0.333. The van der Waals surface area contributed by atoms with Crippen molar-refractivity contribution in [2.75, 3.05) is 6.61 Å². The molecule has 24 heavy (non-hydrogen) atoms. The van der Waals surface area contributed by atoms with Gasteiger partial charge in [0.2, 0.25) is 0 Å². The number of ether oxygens (including phenoxy) is 1. The maximum Gasteiger partial charge on any atom is 0.329 e. The molecule has 0 radical (unpaired) electrons. The zero-order valence-electron chi connectivity index (χ0n) is 15.0. The van der Waals surface area contributed by atoms with Crippen LogP contribution in [-0.2, 0) is 10.7 Å². The molecule has 0 aliphatic carbocycles. The second-order valence-electron chi connectivity index (χ2n) is 6.50. The van der Waals surface area contributed by atoms with Crippen LogP contribution >= 0.6 is 7.60 Å². The van der Waals surface area contributed by atoms with E-state index in [1.54, 1.807) is 24.3 Å². The Morgan fingerprint density at radius 2 is 1.33 bits per heavy atom. The zero-order valence-corrected chi connectivity index (χ0v) is 15.8. The molecule has 0 aliphatic rings. The van der Waals surface area contributed by atoms with Gasteiger partial charge in [0.15, 0.2) is 0 Å². The second-order valence-corrected chi connectivity index (χ2v) is 8.14. The topological polar surface area (TPSA) is 66.8 Å². The minimum absolute atomic E-state index is 0.217. The number of rotatable bonds is 14. The first kappa shape index (κ1) is 21.2. The molecule has 1 aromatic carbocycles. The Morgan fingerprint density at radius 1 is 0.833 bits per heavy atom. The van der Waals surface area contributed by atoms with E-state index in [1.165, 1.54) is 57.8 Å². The zero-order chi connectivity index (χ0) is 17.7. The van der Waals surface area contributed by atoms with Crippen molar-refractivity contribution in [3.8, 4) is 5.75 Å². The van der Waals surface area contributed by atoms with Crippen molar-refractivity contribution in [1.82, 2.24) is 0 Å². The lowest BCUT2D eigenvalue weighted by molar-refractivity contribution is 0.304. The summed E-state index contributed by atoms with van der Waals surface area (Å²) in [5.74, 6) is 0.764. The van der Waals surface area contributed by atoms with Crippen LogP contribution in [0.4, 0.5) is 0 Å². The van der Waals surface area contributed by atoms with Crippen molar-refractivity contribution in [3.63, 3.8) is 0 Å². The average Bonchev–Trinajstić information content (AvgIpc) is 2.53. The van der Waals surface area contributed by atoms with Crippen LogP contribution in [0.3, 0.4) is 0 Å². The summed E-state index contributed by atoms with van der Waals surface area (Å²) in [5, 5.41) is 0. The van der Waals surface area contributed by atoms with E-state index in [9.17, 15) is 4.57 Å². The monoisotopic (exact) mass is 356 g/mol. The van der Waals surface area contributed by atoms with Crippen LogP contribution in [0.25, 0.3) is 0 Å². The molecule has 0 saturated heterocycles. The molecule has 4 nitrogen and oxygen atoms in total. The standard InChI is InChI=1S/C19H33O4P/c1-2-3-4-5-6-7-8-9-10-11-16-23-19-14-12-18(13-15-19)17-24(20,21)22/h12-15H,2-11,16-17H2,1H3,(H2,20,21,22). The average molecular weight is 356 g/mol. The van der Waals surface area contributed by atoms with Crippen LogP contribution in [0.15, 0.2) is 24.3 Å². The highest BCUT2D eigenvalue weighted by molar-refractivity contribution is 7.50. The van der Waals surface area contributed by atoms with Gasteiger partial charge in [-0.05, 0) is 24.1 Å². The normalized spacial score (nSPS) is 11.6. The third-order valence-electron chi connectivity index (χ3n) is 4.08. The molecule has 0 saturated carbocycles. The Labute approximate surface area is 146 Å². The minimum Gasteiger partial charge on any atom is -0.494 e. The van der Waals surface area contributed by atoms with E-state index in [0.29, 0.717) is 12.2 Å². The molecule has 1 aromatic rings. The van der Waals surface area contributed by atoms with Gasteiger partial charge in [0, 0.05) is 0 Å². The number of benzene rings is 1. The molecular formula is C19H33O4P. The molecular weight excluding hydrogens is 323 g/mol. The Kier molecular flexibility index (Phi) is 11.1. The van der Waals surface area contributed by atoms with Gasteiger partial charge in [0.05, 0.1) is 12.8 Å². The first-order valence-corrected chi connectivity index (χ1v) is 11.1. The summed E-state index contributed by atoms with van der Waals surface area (Å²) in [6.45, 7) is 2.95. The first-order valence-electron chi connectivity index (χ1n) is 9.27. The third kappa shape index (κ3) is 11.7. The number of unbranched alkanes of at least 4 members (excludes halogenated alkanes) is 9. The molecule has 0 aliphatic heterocycles. The number of hydrogen-bond donors (Lipinski definition) is 2. The SMILES string of the molecule is CCCCCCCCCCCCOc1ccc(CP(=O)(O)O)cc1. The predicted molar refractivity (Wildman–Crippen MR) is 99.5 cm³/mol. The summed E-state index contributed by atoms with van der Waals surface area (Å²) < 4.78 is 16.6. The van der Waals surface area contributed by atoms with Crippen LogP contribution < -0.4 is 4.74 Å². The summed E-state index contributed by atoms with van der Waals surface area (Å²) in [7, 11) is -3.99. The summed E-state index contributed by atoms with van der Waals surface area (Å²) in [5.41, 5.74) is 0.634. The maximum atomic E-state index is 10.9. The van der Waals surface area contributed by atoms with Crippen LogP contribution in [0, 0.1) is 0 Å². The van der Waals surface area contributed by atoms with Crippen LogP contribution in [-0.4, -0.2) is 16.4 Å². The van der Waals surface area contributed by atoms with Gasteiger partial charge in [-0.25, -0.2) is 0 Å². The molecule has 0 fully saturated rings. The number of hydrogen-bond acceptors (Lipinski definition) is 2. The lowest BCUT2D eigenvalue weighted by Gasteiger charge is -2.08. The summed E-state index contributed by atoms with van der Waals surface area (Å²) in [6, 6.07) is 6.99. The highest BCUT2D eigenvalue weighted by Gasteiger charge is 2.13. The van der Waals surface area contributed by atoms with Gasteiger partial charge in [-0.15, -0.1) is 0 Å². The third-order valence-corrected chi connectivity index (χ3v) is 4.86. The van der Waals surface area contributed by atoms with Crippen molar-refractivity contribution in [2.45, 2.75) is 77.3 Å². The fraction of sp³-hybridized carbons (Fsp3) is 0.684. The Bertz CT molecular complexity index is 467. The Hall–Kier alpha value is -0.830. The first-order chi connectivity index (χ1) is 11.5. The van der Waals surface area contributed by atoms with E-state index in [4.69, 9.17) is 14.5 Å². The van der Waals surface area contributed by atoms with Crippen molar-refractivity contribution >= 4 is 7.60 Å². The molecule has 0 spiro atoms. The van der Waals surface area contributed by atoms with Crippen LogP contribution in [0.5, 0.6) is 5.75 Å². The fourth-order valence-electron chi connectivity index (χ4n) is 2.71. The lowest BCUT2D eigenvalue weighted by atomic mass is 10.1. The van der Waals surface area contributed by atoms with E-state index in [-0.39, 0.29) is 6.16 Å².